The molecule has 2 rings (SSSR count). The molecule has 0 bridgehead atoms. The summed E-state index contributed by atoms with van der Waals surface area (Å²) < 4.78 is 27.2. The molecule has 1 aromatic carbocycles. The van der Waals surface area contributed by atoms with Crippen LogP contribution in [0.15, 0.2) is 34.1 Å². The van der Waals surface area contributed by atoms with E-state index in [1.54, 1.807) is 6.92 Å². The van der Waals surface area contributed by atoms with Crippen LogP contribution in [0.25, 0.3) is 0 Å². The molecule has 0 saturated heterocycles. The van der Waals surface area contributed by atoms with Crippen LogP contribution in [0.4, 0.5) is 8.78 Å². The maximum absolute atomic E-state index is 13.1. The highest BCUT2D eigenvalue weighted by Crippen LogP contribution is 2.31. The maximum atomic E-state index is 13.1. The van der Waals surface area contributed by atoms with Gasteiger partial charge < -0.3 is 5.11 Å². The number of aliphatic hydroxyl groups is 1. The highest BCUT2D eigenvalue weighted by molar-refractivity contribution is 9.11. The zero-order valence-electron chi connectivity index (χ0n) is 9.58. The predicted octanol–water partition coefficient (Wildman–Crippen LogP) is 4.24. The summed E-state index contributed by atoms with van der Waals surface area (Å²) in [5.74, 6) is -1.37. The quantitative estimate of drug-likeness (QED) is 0.891. The first-order valence-electron chi connectivity index (χ1n) is 5.30. The Morgan fingerprint density at radius 1 is 1.22 bits per heavy atom. The molecule has 1 aromatic heterocycles. The molecule has 0 aliphatic heterocycles. The minimum atomic E-state index is -1.30. The van der Waals surface area contributed by atoms with Gasteiger partial charge in [-0.2, -0.15) is 0 Å². The van der Waals surface area contributed by atoms with Crippen LogP contribution in [0.3, 0.4) is 0 Å². The number of hydrogen-bond donors (Lipinski definition) is 1. The highest BCUT2D eigenvalue weighted by Gasteiger charge is 2.25. The van der Waals surface area contributed by atoms with Crippen molar-refractivity contribution in [1.29, 1.82) is 0 Å². The van der Waals surface area contributed by atoms with Crippen LogP contribution in [-0.4, -0.2) is 5.11 Å². The molecule has 1 unspecified atom stereocenters. The minimum absolute atomic E-state index is 0.240. The van der Waals surface area contributed by atoms with E-state index in [1.807, 2.05) is 12.1 Å². The van der Waals surface area contributed by atoms with Crippen LogP contribution < -0.4 is 0 Å². The van der Waals surface area contributed by atoms with E-state index >= 15 is 0 Å². The molecule has 0 aliphatic rings. The summed E-state index contributed by atoms with van der Waals surface area (Å²) in [6.07, 6.45) is 0.312. The molecule has 0 aliphatic carbocycles. The van der Waals surface area contributed by atoms with Gasteiger partial charge in [-0.3, -0.25) is 0 Å². The summed E-state index contributed by atoms with van der Waals surface area (Å²) in [4.78, 5) is 0.941. The lowest BCUT2D eigenvalue weighted by atomic mass is 9.92. The lowest BCUT2D eigenvalue weighted by molar-refractivity contribution is 0.0578. The van der Waals surface area contributed by atoms with Gasteiger partial charge in [-0.15, -0.1) is 11.3 Å². The highest BCUT2D eigenvalue weighted by atomic mass is 79.9. The molecule has 0 spiro atoms. The lowest BCUT2D eigenvalue weighted by Gasteiger charge is -2.23. The third-order valence-electron chi connectivity index (χ3n) is 2.63. The van der Waals surface area contributed by atoms with Crippen molar-refractivity contribution in [3.05, 3.63) is 56.2 Å². The van der Waals surface area contributed by atoms with E-state index in [-0.39, 0.29) is 5.56 Å². The Morgan fingerprint density at radius 2 is 1.83 bits per heavy atom. The van der Waals surface area contributed by atoms with Gasteiger partial charge in [0.1, 0.15) is 11.6 Å². The van der Waals surface area contributed by atoms with E-state index < -0.39 is 17.2 Å². The van der Waals surface area contributed by atoms with E-state index in [0.717, 1.165) is 26.9 Å². The minimum Gasteiger partial charge on any atom is -0.385 e. The summed E-state index contributed by atoms with van der Waals surface area (Å²) in [5, 5.41) is 10.4. The third-order valence-corrected chi connectivity index (χ3v) is 4.26. The van der Waals surface area contributed by atoms with Gasteiger partial charge >= 0.3 is 0 Å². The van der Waals surface area contributed by atoms with Gasteiger partial charge in [0.05, 0.1) is 9.39 Å². The molecule has 0 amide bonds. The number of thiophene rings is 1. The number of rotatable bonds is 3. The van der Waals surface area contributed by atoms with Gasteiger partial charge in [0.25, 0.3) is 0 Å². The van der Waals surface area contributed by atoms with Crippen molar-refractivity contribution in [3.8, 4) is 0 Å². The van der Waals surface area contributed by atoms with E-state index in [1.165, 1.54) is 11.3 Å². The van der Waals surface area contributed by atoms with E-state index in [4.69, 9.17) is 0 Å². The van der Waals surface area contributed by atoms with Crippen molar-refractivity contribution >= 4 is 27.3 Å². The van der Waals surface area contributed by atoms with E-state index in [0.29, 0.717) is 6.42 Å². The Morgan fingerprint density at radius 3 is 2.33 bits per heavy atom. The zero-order chi connectivity index (χ0) is 13.3. The second-order valence-corrected chi connectivity index (χ2v) is 6.86. The molecule has 2 aromatic rings. The summed E-state index contributed by atoms with van der Waals surface area (Å²) in [7, 11) is 0. The predicted molar refractivity (Wildman–Crippen MR) is 71.7 cm³/mol. The standard InChI is InChI=1S/C13H11BrF2OS/c1-13(17,7-11-2-3-12(14)18-11)8-4-9(15)6-10(16)5-8/h2-6,17H,7H2,1H3. The van der Waals surface area contributed by atoms with Crippen molar-refractivity contribution in [2.45, 2.75) is 18.9 Å². The summed E-state index contributed by atoms with van der Waals surface area (Å²) >= 11 is 4.82. The van der Waals surface area contributed by atoms with Crippen LogP contribution in [0.5, 0.6) is 0 Å². The number of hydrogen-bond acceptors (Lipinski definition) is 2. The van der Waals surface area contributed by atoms with Crippen molar-refractivity contribution in [2.75, 3.05) is 0 Å². The van der Waals surface area contributed by atoms with E-state index in [9.17, 15) is 13.9 Å². The van der Waals surface area contributed by atoms with Crippen LogP contribution >= 0.6 is 27.3 Å². The average Bonchev–Trinajstić information content (AvgIpc) is 2.61. The van der Waals surface area contributed by atoms with Gasteiger partial charge in [0.15, 0.2) is 0 Å². The Bertz CT molecular complexity index is 546. The van der Waals surface area contributed by atoms with Gasteiger partial charge in [0, 0.05) is 17.4 Å². The lowest BCUT2D eigenvalue weighted by Crippen LogP contribution is -2.24. The third kappa shape index (κ3) is 3.16. The molecule has 1 heterocycles. The first kappa shape index (κ1) is 13.6. The first-order chi connectivity index (χ1) is 8.37. The molecular formula is C13H11BrF2OS. The SMILES string of the molecule is CC(O)(Cc1ccc(Br)s1)c1cc(F)cc(F)c1. The molecule has 5 heteroatoms. The van der Waals surface area contributed by atoms with Crippen LogP contribution in [0.2, 0.25) is 0 Å². The average molecular weight is 333 g/mol. The molecule has 1 nitrogen and oxygen atoms in total. The Hall–Kier alpha value is -0.780. The van der Waals surface area contributed by atoms with Crippen molar-refractivity contribution < 1.29 is 13.9 Å². The summed E-state index contributed by atoms with van der Waals surface area (Å²) in [5.41, 5.74) is -1.06. The largest absolute Gasteiger partial charge is 0.385 e. The zero-order valence-corrected chi connectivity index (χ0v) is 12.0. The number of halogens is 3. The van der Waals surface area contributed by atoms with Crippen LogP contribution in [0.1, 0.15) is 17.4 Å². The van der Waals surface area contributed by atoms with Crippen LogP contribution in [-0.2, 0) is 12.0 Å². The molecular weight excluding hydrogens is 322 g/mol. The molecule has 0 fully saturated rings. The van der Waals surface area contributed by atoms with Crippen LogP contribution in [0, 0.1) is 11.6 Å². The Balaban J connectivity index is 2.29. The van der Waals surface area contributed by atoms with Crippen molar-refractivity contribution in [1.82, 2.24) is 0 Å². The smallest absolute Gasteiger partial charge is 0.126 e. The molecule has 0 saturated carbocycles. The van der Waals surface area contributed by atoms with Crippen molar-refractivity contribution in [2.24, 2.45) is 0 Å². The van der Waals surface area contributed by atoms with Gasteiger partial charge in [-0.1, -0.05) is 0 Å². The van der Waals surface area contributed by atoms with Gasteiger partial charge in [-0.05, 0) is 52.7 Å². The Labute approximate surface area is 116 Å². The normalized spacial score (nSPS) is 14.5. The second-order valence-electron chi connectivity index (χ2n) is 4.31. The van der Waals surface area contributed by atoms with Gasteiger partial charge in [0.2, 0.25) is 0 Å². The topological polar surface area (TPSA) is 20.2 Å². The Kier molecular flexibility index (Phi) is 3.84. The van der Waals surface area contributed by atoms with Gasteiger partial charge in [-0.25, -0.2) is 8.78 Å². The maximum Gasteiger partial charge on any atom is 0.126 e. The molecule has 1 N–H and O–H groups in total. The molecule has 18 heavy (non-hydrogen) atoms. The molecule has 1 atom stereocenters. The summed E-state index contributed by atoms with van der Waals surface area (Å²) in [6, 6.07) is 6.86. The fraction of sp³-hybridized carbons (Fsp3) is 0.231. The number of benzene rings is 1. The molecule has 0 radical (unpaired) electrons. The fourth-order valence-corrected chi connectivity index (χ4v) is 3.38. The van der Waals surface area contributed by atoms with E-state index in [2.05, 4.69) is 15.9 Å². The fourth-order valence-electron chi connectivity index (χ4n) is 1.75. The first-order valence-corrected chi connectivity index (χ1v) is 6.91. The molecule has 96 valence electrons. The van der Waals surface area contributed by atoms with Crippen molar-refractivity contribution in [3.63, 3.8) is 0 Å². The summed E-state index contributed by atoms with van der Waals surface area (Å²) in [6.45, 7) is 1.55. The monoisotopic (exact) mass is 332 g/mol. The second kappa shape index (κ2) is 5.07.